The van der Waals surface area contributed by atoms with Crippen LogP contribution in [0.2, 0.25) is 0 Å². The van der Waals surface area contributed by atoms with Gasteiger partial charge in [0.1, 0.15) is 0 Å². The Kier molecular flexibility index (Phi) is 12.1. The molecular weight excluding hydrogens is 745 g/mol. The first-order chi connectivity index (χ1) is 20.2. The van der Waals surface area contributed by atoms with E-state index in [-0.39, 0.29) is 0 Å². The van der Waals surface area contributed by atoms with Gasteiger partial charge in [0.25, 0.3) is 10.0 Å². The summed E-state index contributed by atoms with van der Waals surface area (Å²) in [7, 11) is -5.68. The molecule has 0 aliphatic heterocycles. The van der Waals surface area contributed by atoms with E-state index in [1.165, 1.54) is 0 Å². The monoisotopic (exact) mass is 765 g/mol. The lowest BCUT2D eigenvalue weighted by Crippen LogP contribution is -2.76. The standard InChI is InChI=1S/C19H19F19N2O6S/c1-40(2,8-10(43)44)7-3-5-39(6-4-9(41)42)47(45,46)19(37,38)17(32,33)15(28,29)13(24,25)11(20,21)12(22,23)14(26,27)16(30,31)18(34,35)36/h3-8H2,1-2H3,(H-,41,42,43,44)/p+1. The number of alkyl halides is 19. The molecule has 0 saturated heterocycles. The summed E-state index contributed by atoms with van der Waals surface area (Å²) in [6, 6.07) is 0. The normalized spacial score (nSPS) is 15.7. The van der Waals surface area contributed by atoms with Gasteiger partial charge >= 0.3 is 64.8 Å². The molecule has 0 heterocycles. The average Bonchev–Trinajstić information content (AvgIpc) is 2.83. The number of aliphatic carboxylic acids is 2. The first kappa shape index (κ1) is 44.5. The van der Waals surface area contributed by atoms with Gasteiger partial charge in [-0.15, -0.1) is 0 Å². The third-order valence-electron chi connectivity index (χ3n) is 6.06. The topological polar surface area (TPSA) is 112 Å². The van der Waals surface area contributed by atoms with Gasteiger partial charge in [0, 0.05) is 19.5 Å². The molecule has 47 heavy (non-hydrogen) atoms. The lowest BCUT2D eigenvalue weighted by atomic mass is 9.89. The first-order valence-corrected chi connectivity index (χ1v) is 13.0. The summed E-state index contributed by atoms with van der Waals surface area (Å²) < 4.78 is 281. The number of halogens is 19. The number of sulfonamides is 1. The van der Waals surface area contributed by atoms with Crippen LogP contribution in [0.4, 0.5) is 83.4 Å². The van der Waals surface area contributed by atoms with Crippen molar-refractivity contribution in [1.29, 1.82) is 0 Å². The second-order valence-electron chi connectivity index (χ2n) is 10.1. The van der Waals surface area contributed by atoms with Crippen LogP contribution >= 0.6 is 0 Å². The van der Waals surface area contributed by atoms with Crippen molar-refractivity contribution < 1.29 is 116 Å². The molecule has 0 spiro atoms. The molecule has 28 heteroatoms. The molecule has 0 aromatic carbocycles. The minimum absolute atomic E-state index is 0.653. The Morgan fingerprint density at radius 2 is 0.915 bits per heavy atom. The maximum atomic E-state index is 14.6. The molecular formula is C19H20F19N2O6S+. The van der Waals surface area contributed by atoms with Crippen molar-refractivity contribution in [3.05, 3.63) is 0 Å². The molecule has 0 saturated carbocycles. The van der Waals surface area contributed by atoms with Crippen LogP contribution in [-0.2, 0) is 19.6 Å². The number of rotatable bonds is 18. The highest BCUT2D eigenvalue weighted by Crippen LogP contribution is 2.65. The Morgan fingerprint density at radius 3 is 1.23 bits per heavy atom. The predicted molar refractivity (Wildman–Crippen MR) is 112 cm³/mol. The number of hydrogen-bond acceptors (Lipinski definition) is 4. The number of carboxylic acids is 2. The second-order valence-corrected chi connectivity index (χ2v) is 12.1. The van der Waals surface area contributed by atoms with E-state index in [0.717, 1.165) is 14.1 Å². The lowest BCUT2D eigenvalue weighted by molar-refractivity contribution is -0.883. The minimum Gasteiger partial charge on any atom is -0.481 e. The quantitative estimate of drug-likeness (QED) is 0.146. The van der Waals surface area contributed by atoms with Crippen LogP contribution in [0.3, 0.4) is 0 Å². The molecule has 0 rings (SSSR count). The molecule has 0 radical (unpaired) electrons. The maximum absolute atomic E-state index is 14.6. The predicted octanol–water partition coefficient (Wildman–Crippen LogP) is 5.25. The zero-order chi connectivity index (χ0) is 38.5. The SMILES string of the molecule is C[N+](C)(CCCN(CCC(=O)O)S(=O)(=O)C(F)(F)C(F)(F)C(F)(F)C(F)(F)C(F)(F)C(F)(F)C(F)(F)C(F)(F)C(F)(F)F)CC(=O)O. The van der Waals surface area contributed by atoms with E-state index in [9.17, 15) is 101 Å². The summed E-state index contributed by atoms with van der Waals surface area (Å²) in [6.07, 6.45) is -10.7. The van der Waals surface area contributed by atoms with Crippen LogP contribution in [-0.4, -0.2) is 133 Å². The van der Waals surface area contributed by atoms with E-state index in [1.54, 1.807) is 0 Å². The van der Waals surface area contributed by atoms with Gasteiger partial charge in [-0.2, -0.15) is 87.7 Å². The van der Waals surface area contributed by atoms with E-state index in [4.69, 9.17) is 10.2 Å². The number of carboxylic acid groups (broad SMARTS) is 2. The molecule has 2 N–H and O–H groups in total. The van der Waals surface area contributed by atoms with Crippen molar-refractivity contribution >= 4 is 22.0 Å². The highest BCUT2D eigenvalue weighted by Gasteiger charge is 2.97. The Balaban J connectivity index is 7.10. The van der Waals surface area contributed by atoms with Gasteiger partial charge < -0.3 is 14.7 Å². The van der Waals surface area contributed by atoms with E-state index in [0.29, 0.717) is 0 Å². The summed E-state index contributed by atoms with van der Waals surface area (Å²) in [5, 5.41) is 9.46. The smallest absolute Gasteiger partial charge is 0.460 e. The van der Waals surface area contributed by atoms with Crippen LogP contribution in [0, 0.1) is 0 Å². The van der Waals surface area contributed by atoms with Crippen LogP contribution in [0.1, 0.15) is 12.8 Å². The fraction of sp³-hybridized carbons (Fsp3) is 0.895. The maximum Gasteiger partial charge on any atom is 0.460 e. The van der Waals surface area contributed by atoms with E-state index < -0.39 is 123 Å². The number of carbonyl (C=O) groups is 2. The zero-order valence-corrected chi connectivity index (χ0v) is 23.6. The molecule has 0 aliphatic carbocycles. The Morgan fingerprint density at radius 1 is 0.574 bits per heavy atom. The van der Waals surface area contributed by atoms with Crippen molar-refractivity contribution in [2.24, 2.45) is 0 Å². The van der Waals surface area contributed by atoms with Gasteiger partial charge in [0.05, 0.1) is 27.1 Å². The zero-order valence-electron chi connectivity index (χ0n) is 22.8. The Labute approximate surface area is 249 Å². The summed E-state index contributed by atoms with van der Waals surface area (Å²) in [5.74, 6) is -66.5. The summed E-state index contributed by atoms with van der Waals surface area (Å²) in [6.45, 7) is -5.11. The molecule has 0 amide bonds. The van der Waals surface area contributed by atoms with E-state index >= 15 is 0 Å². The molecule has 0 aromatic heterocycles. The van der Waals surface area contributed by atoms with Crippen LogP contribution in [0.5, 0.6) is 0 Å². The van der Waals surface area contributed by atoms with Crippen molar-refractivity contribution in [2.75, 3.05) is 40.3 Å². The molecule has 8 nitrogen and oxygen atoms in total. The van der Waals surface area contributed by atoms with E-state index in [1.807, 2.05) is 0 Å². The fourth-order valence-electron chi connectivity index (χ4n) is 3.36. The number of likely N-dealkylation sites (N-methyl/N-ethyl adjacent to an activating group) is 1. The number of nitrogens with zero attached hydrogens (tertiary/aromatic N) is 2. The molecule has 0 atom stereocenters. The van der Waals surface area contributed by atoms with Crippen molar-refractivity contribution in [1.82, 2.24) is 4.31 Å². The minimum atomic E-state index is -9.25. The van der Waals surface area contributed by atoms with Gasteiger partial charge in [-0.1, -0.05) is 0 Å². The molecule has 0 aliphatic rings. The van der Waals surface area contributed by atoms with Gasteiger partial charge in [0.2, 0.25) is 0 Å². The van der Waals surface area contributed by atoms with Crippen LogP contribution in [0.15, 0.2) is 0 Å². The largest absolute Gasteiger partial charge is 0.481 e. The van der Waals surface area contributed by atoms with Gasteiger partial charge in [-0.3, -0.25) is 4.79 Å². The first-order valence-electron chi connectivity index (χ1n) is 11.5. The Bertz CT molecular complexity index is 1270. The van der Waals surface area contributed by atoms with E-state index in [2.05, 4.69) is 0 Å². The summed E-state index contributed by atoms with van der Waals surface area (Å²) in [4.78, 5) is 21.6. The average molecular weight is 765 g/mol. The number of quaternary nitrogens is 1. The lowest BCUT2D eigenvalue weighted by Gasteiger charge is -2.44. The second kappa shape index (κ2) is 12.7. The van der Waals surface area contributed by atoms with Crippen molar-refractivity contribution in [2.45, 2.75) is 65.7 Å². The van der Waals surface area contributed by atoms with Gasteiger partial charge in [-0.05, 0) is 0 Å². The molecule has 0 fully saturated rings. The third-order valence-corrected chi connectivity index (χ3v) is 8.01. The summed E-state index contributed by atoms with van der Waals surface area (Å²) in [5.41, 5.74) is 0. The number of hydrogen-bond donors (Lipinski definition) is 2. The summed E-state index contributed by atoms with van der Waals surface area (Å²) >= 11 is 0. The highest BCUT2D eigenvalue weighted by atomic mass is 32.2. The highest BCUT2D eigenvalue weighted by molar-refractivity contribution is 7.90. The molecule has 0 aromatic rings. The van der Waals surface area contributed by atoms with Crippen molar-refractivity contribution in [3.63, 3.8) is 0 Å². The van der Waals surface area contributed by atoms with Crippen LogP contribution < -0.4 is 0 Å². The molecule has 0 bridgehead atoms. The van der Waals surface area contributed by atoms with Gasteiger partial charge in [-0.25, -0.2) is 13.2 Å². The van der Waals surface area contributed by atoms with Crippen molar-refractivity contribution in [3.8, 4) is 0 Å². The molecule has 0 unspecified atom stereocenters. The molecule has 280 valence electrons. The fourth-order valence-corrected chi connectivity index (χ4v) is 4.84. The van der Waals surface area contributed by atoms with Gasteiger partial charge in [0.15, 0.2) is 6.54 Å². The Hall–Kier alpha value is -2.52. The third kappa shape index (κ3) is 7.26. The van der Waals surface area contributed by atoms with Crippen LogP contribution in [0.25, 0.3) is 0 Å².